The van der Waals surface area contributed by atoms with E-state index in [4.69, 9.17) is 58.0 Å². The molecule has 31 heteroatoms. The summed E-state index contributed by atoms with van der Waals surface area (Å²) >= 11 is 30.0. The Bertz CT molecular complexity index is 5540. The fourth-order valence-corrected chi connectivity index (χ4v) is 14.5. The van der Waals surface area contributed by atoms with Gasteiger partial charge in [0.2, 0.25) is 0 Å². The standard InChI is InChI=1S/C27H21Cl2FN4O4.C27H22Cl2N4O4.C24H26ClN5O4.3CH4/c28-21-10-7-18(15-22(21)29)26(35)32-13-11-31(12-14-32)24-20-3-1-2-4-23(20)33(27(36)25(24)34(37)38)16-17-5-8-19(30)9-6-17;28-21-11-10-19(16-22(21)29)26(34)31-14-12-30(13-15-31)24-20-8-4-5-9-23(20)32(27(35)25(24)33(36)37)17-18-6-2-1-3-7-18;1-26(2)11-16-29-20-6-4-3-5-19(20)21(22(24(29)32)30(33)34)27-12-14-28(15-13-27)23(31)17-7-9-18(25)10-8-17;;;/h1-10,15H,11-14,16H2;1-11,16H,12-15,17H2;3-10H,11-16H2,1-2H3;3*1H4. The molecule has 584 valence electrons. The smallest absolute Gasteiger partial charge is 0.357 e. The van der Waals surface area contributed by atoms with E-state index >= 15 is 0 Å². The number of benzene rings is 8. The van der Waals surface area contributed by atoms with Crippen LogP contribution in [0.5, 0.6) is 0 Å². The number of hydrogen-bond donors (Lipinski definition) is 0. The summed E-state index contributed by atoms with van der Waals surface area (Å²) in [6.45, 7) is 5.22. The van der Waals surface area contributed by atoms with Gasteiger partial charge in [0.05, 0.1) is 64.5 Å². The molecule has 0 atom stereocenters. The van der Waals surface area contributed by atoms with E-state index in [1.807, 2.05) is 89.5 Å². The second kappa shape index (κ2) is 37.2. The number of carbonyl (C=O) groups is 3. The molecule has 3 aromatic heterocycles. The van der Waals surface area contributed by atoms with Crippen molar-refractivity contribution in [2.45, 2.75) is 41.9 Å². The fraction of sp³-hybridized carbons (Fsp3) is 0.259. The molecule has 8 aromatic carbocycles. The van der Waals surface area contributed by atoms with Gasteiger partial charge in [-0.2, -0.15) is 0 Å². The van der Waals surface area contributed by atoms with Crippen LogP contribution in [0, 0.1) is 36.2 Å². The number of anilines is 3. The summed E-state index contributed by atoms with van der Waals surface area (Å²) in [5.41, 5.74) is 2.07. The SMILES string of the molecule is C.C.C.CN(C)CCn1c(=O)c([N+](=O)[O-])c(N2CCN(C(=O)c3ccc(Cl)cc3)CC2)c2ccccc21.O=C(c1ccc(Cl)c(Cl)c1)N1CCN(c2c([N+](=O)[O-])c(=O)n(Cc3ccc(F)cc3)c3ccccc23)CC1.O=C(c1ccc(Cl)c(Cl)c1)N1CCN(c2c([N+](=O)[O-])c(=O)n(Cc3ccccc3)c3ccccc23)CC1. The van der Waals surface area contributed by atoms with Crippen molar-refractivity contribution >= 4 is 143 Å². The van der Waals surface area contributed by atoms with Crippen LogP contribution in [0.4, 0.5) is 38.5 Å². The van der Waals surface area contributed by atoms with Crippen LogP contribution in [-0.2, 0) is 19.6 Å². The molecule has 0 N–H and O–H groups in total. The highest BCUT2D eigenvalue weighted by Crippen LogP contribution is 2.39. The van der Waals surface area contributed by atoms with Gasteiger partial charge in [0.25, 0.3) is 17.7 Å². The first-order valence-corrected chi connectivity index (χ1v) is 36.4. The van der Waals surface area contributed by atoms with Crippen molar-refractivity contribution in [2.75, 3.05) is 114 Å². The van der Waals surface area contributed by atoms with Crippen molar-refractivity contribution in [1.82, 2.24) is 33.3 Å². The number of para-hydroxylation sites is 3. The van der Waals surface area contributed by atoms with Crippen LogP contribution in [0.15, 0.2) is 202 Å². The molecule has 0 bridgehead atoms. The van der Waals surface area contributed by atoms with Gasteiger partial charge >= 0.3 is 33.7 Å². The van der Waals surface area contributed by atoms with Gasteiger partial charge in [0.15, 0.2) is 0 Å². The Hall–Kier alpha value is -11.3. The summed E-state index contributed by atoms with van der Waals surface area (Å²) in [6, 6.07) is 52.6. The predicted molar refractivity (Wildman–Crippen MR) is 443 cm³/mol. The average molecular weight is 1620 g/mol. The first-order valence-electron chi connectivity index (χ1n) is 34.5. The largest absolute Gasteiger partial charge is 0.362 e. The zero-order chi connectivity index (χ0) is 77.5. The second-order valence-electron chi connectivity index (χ2n) is 26.2. The van der Waals surface area contributed by atoms with Gasteiger partial charge in [-0.25, -0.2) is 4.39 Å². The maximum atomic E-state index is 13.5. The van der Waals surface area contributed by atoms with Crippen molar-refractivity contribution < 1.29 is 33.5 Å². The highest BCUT2D eigenvalue weighted by molar-refractivity contribution is 6.42. The number of likely N-dealkylation sites (N-methyl/N-ethyl adjacent to an activating group) is 1. The van der Waals surface area contributed by atoms with Crippen molar-refractivity contribution in [2.24, 2.45) is 0 Å². The summed E-state index contributed by atoms with van der Waals surface area (Å²) in [7, 11) is 3.78. The number of halogens is 6. The minimum Gasteiger partial charge on any atom is -0.362 e. The van der Waals surface area contributed by atoms with Crippen LogP contribution in [0.1, 0.15) is 64.5 Å². The van der Waals surface area contributed by atoms with E-state index in [0.717, 1.165) is 5.56 Å². The first-order chi connectivity index (χ1) is 52.4. The van der Waals surface area contributed by atoms with Crippen LogP contribution in [0.2, 0.25) is 25.1 Å². The number of nitro groups is 3. The van der Waals surface area contributed by atoms with Crippen molar-refractivity contribution in [3.05, 3.63) is 308 Å². The van der Waals surface area contributed by atoms with Crippen molar-refractivity contribution in [3.8, 4) is 0 Å². The molecule has 0 spiro atoms. The number of piperazine rings is 3. The molecule has 11 aromatic rings. The molecule has 14 rings (SSSR count). The molecule has 25 nitrogen and oxygen atoms in total. The molecule has 0 unspecified atom stereocenters. The second-order valence-corrected chi connectivity index (χ2v) is 28.2. The highest BCUT2D eigenvalue weighted by atomic mass is 35.5. The summed E-state index contributed by atoms with van der Waals surface area (Å²) in [5.74, 6) is -0.952. The van der Waals surface area contributed by atoms with E-state index in [1.54, 1.807) is 123 Å². The first kappa shape index (κ1) is 84.8. The zero-order valence-electron chi connectivity index (χ0n) is 58.7. The van der Waals surface area contributed by atoms with Crippen LogP contribution in [0.3, 0.4) is 0 Å². The van der Waals surface area contributed by atoms with E-state index in [0.29, 0.717) is 172 Å². The third-order valence-corrected chi connectivity index (χ3v) is 20.9. The number of pyridine rings is 3. The van der Waals surface area contributed by atoms with Gasteiger partial charge in [0.1, 0.15) is 22.9 Å². The number of amides is 3. The molecule has 3 aliphatic rings. The minimum absolute atomic E-state index is 0. The molecule has 0 aliphatic carbocycles. The Labute approximate surface area is 669 Å². The van der Waals surface area contributed by atoms with Gasteiger partial charge in [0, 0.05) is 129 Å². The maximum Gasteiger partial charge on any atom is 0.357 e. The van der Waals surface area contributed by atoms with Crippen LogP contribution >= 0.6 is 58.0 Å². The average Bonchev–Trinajstić information content (AvgIpc) is 0.757. The molecule has 6 heterocycles. The van der Waals surface area contributed by atoms with Gasteiger partial charge in [-0.1, -0.05) is 177 Å². The third kappa shape index (κ3) is 18.3. The number of aromatic nitrogens is 3. The monoisotopic (exact) mass is 1620 g/mol. The molecule has 3 saturated heterocycles. The summed E-state index contributed by atoms with van der Waals surface area (Å²) < 4.78 is 17.7. The highest BCUT2D eigenvalue weighted by Gasteiger charge is 2.37. The third-order valence-electron chi connectivity index (χ3n) is 19.2. The molecule has 0 saturated carbocycles. The van der Waals surface area contributed by atoms with Crippen LogP contribution in [-0.4, -0.2) is 165 Å². The Morgan fingerprint density at radius 1 is 0.393 bits per heavy atom. The Morgan fingerprint density at radius 2 is 0.705 bits per heavy atom. The number of nitrogens with zero attached hydrogens (tertiary/aromatic N) is 13. The maximum absolute atomic E-state index is 13.5. The van der Waals surface area contributed by atoms with E-state index in [1.165, 1.54) is 38.0 Å². The molecule has 3 aliphatic heterocycles. The lowest BCUT2D eigenvalue weighted by Crippen LogP contribution is -2.49. The number of carbonyl (C=O) groups excluding carboxylic acids is 3. The van der Waals surface area contributed by atoms with E-state index in [2.05, 4.69) is 0 Å². The summed E-state index contributed by atoms with van der Waals surface area (Å²) in [6.07, 6.45) is 0. The van der Waals surface area contributed by atoms with E-state index < -0.39 is 54.3 Å². The number of fused-ring (bicyclic) bond motifs is 3. The Kier molecular flexibility index (Phi) is 28.1. The molecule has 3 fully saturated rings. The summed E-state index contributed by atoms with van der Waals surface area (Å²) in [5, 5.41) is 40.2. The van der Waals surface area contributed by atoms with E-state index in [9.17, 15) is 63.5 Å². The van der Waals surface area contributed by atoms with Gasteiger partial charge in [-0.15, -0.1) is 0 Å². The number of rotatable bonds is 16. The quantitative estimate of drug-likeness (QED) is 0.0642. The Balaban J connectivity index is 0.000000191. The van der Waals surface area contributed by atoms with Gasteiger partial charge in [-0.05, 0) is 116 Å². The summed E-state index contributed by atoms with van der Waals surface area (Å²) in [4.78, 5) is 126. The topological polar surface area (TPSA) is 269 Å². The lowest BCUT2D eigenvalue weighted by atomic mass is 10.1. The molecular formula is C81H81Cl5FN13O12. The fourth-order valence-electron chi connectivity index (χ4n) is 13.8. The number of hydrogen-bond acceptors (Lipinski definition) is 16. The lowest BCUT2D eigenvalue weighted by molar-refractivity contribution is -0.385. The van der Waals surface area contributed by atoms with Gasteiger partial charge in [-0.3, -0.25) is 68.2 Å². The lowest BCUT2D eigenvalue weighted by Gasteiger charge is -2.36. The van der Waals surface area contributed by atoms with Gasteiger partial charge < -0.3 is 38.9 Å². The molecule has 0 radical (unpaired) electrons. The normalized spacial score (nSPS) is 13.4. The van der Waals surface area contributed by atoms with E-state index in [-0.39, 0.29) is 69.5 Å². The van der Waals surface area contributed by atoms with Crippen LogP contribution < -0.4 is 31.4 Å². The van der Waals surface area contributed by atoms with Crippen molar-refractivity contribution in [1.29, 1.82) is 0 Å². The van der Waals surface area contributed by atoms with Crippen LogP contribution in [0.25, 0.3) is 32.7 Å². The van der Waals surface area contributed by atoms with Crippen molar-refractivity contribution in [3.63, 3.8) is 0 Å². The molecule has 3 amide bonds. The molecule has 112 heavy (non-hydrogen) atoms. The molecular weight excluding hydrogens is 1540 g/mol. The minimum atomic E-state index is -0.748. The Morgan fingerprint density at radius 3 is 1.05 bits per heavy atom. The zero-order valence-corrected chi connectivity index (χ0v) is 62.5. The predicted octanol–water partition coefficient (Wildman–Crippen LogP) is 15.6.